The van der Waals surface area contributed by atoms with Gasteiger partial charge in [0.2, 0.25) is 0 Å². The second kappa shape index (κ2) is 8.47. The summed E-state index contributed by atoms with van der Waals surface area (Å²) >= 11 is 6.06. The van der Waals surface area contributed by atoms with E-state index in [-0.39, 0.29) is 6.42 Å². The lowest BCUT2D eigenvalue weighted by Gasteiger charge is -2.20. The first-order valence-electron chi connectivity index (χ1n) is 7.37. The molecule has 0 saturated carbocycles. The maximum atomic E-state index is 12.4. The van der Waals surface area contributed by atoms with Crippen LogP contribution in [0.2, 0.25) is 5.02 Å². The number of nitrogens with one attached hydrogen (secondary N) is 1. The summed E-state index contributed by atoms with van der Waals surface area (Å²) in [4.78, 5) is 23.9. The van der Waals surface area contributed by atoms with Crippen LogP contribution in [0.15, 0.2) is 54.6 Å². The van der Waals surface area contributed by atoms with Crippen molar-refractivity contribution >= 4 is 23.5 Å². The topological polar surface area (TPSA) is 75.6 Å². The molecule has 0 unspecified atom stereocenters. The second-order valence-corrected chi connectivity index (χ2v) is 5.63. The van der Waals surface area contributed by atoms with E-state index in [4.69, 9.17) is 16.3 Å². The van der Waals surface area contributed by atoms with Gasteiger partial charge in [0.15, 0.2) is 6.10 Å². The molecule has 2 aromatic rings. The van der Waals surface area contributed by atoms with E-state index in [1.165, 1.54) is 7.11 Å². The number of hydrogen-bond donors (Lipinski definition) is 2. The number of rotatable bonds is 7. The van der Waals surface area contributed by atoms with Crippen LogP contribution in [0.3, 0.4) is 0 Å². The lowest BCUT2D eigenvalue weighted by Crippen LogP contribution is -2.44. The first kappa shape index (κ1) is 18.0. The van der Waals surface area contributed by atoms with Gasteiger partial charge in [-0.05, 0) is 17.2 Å². The third-order valence-electron chi connectivity index (χ3n) is 3.57. The molecule has 0 saturated heterocycles. The molecular weight excluding hydrogens is 330 g/mol. The van der Waals surface area contributed by atoms with Crippen molar-refractivity contribution < 1.29 is 19.4 Å². The quantitative estimate of drug-likeness (QED) is 0.807. The fraction of sp³-hybridized carbons (Fsp3) is 0.222. The Kier molecular flexibility index (Phi) is 6.35. The molecule has 0 aromatic heterocycles. The monoisotopic (exact) mass is 347 g/mol. The van der Waals surface area contributed by atoms with E-state index in [9.17, 15) is 14.7 Å². The molecule has 0 bridgehead atoms. The number of amides is 1. The molecular formula is C18H18ClNO4. The first-order valence-corrected chi connectivity index (χ1v) is 7.75. The van der Waals surface area contributed by atoms with Crippen LogP contribution in [-0.2, 0) is 20.7 Å². The Bertz CT molecular complexity index is 705. The minimum Gasteiger partial charge on any atom is -0.480 e. The van der Waals surface area contributed by atoms with Crippen LogP contribution in [0.5, 0.6) is 0 Å². The number of ether oxygens (including phenoxy) is 1. The van der Waals surface area contributed by atoms with Crippen LogP contribution in [0.4, 0.5) is 0 Å². The second-order valence-electron chi connectivity index (χ2n) is 5.22. The fourth-order valence-corrected chi connectivity index (χ4v) is 2.57. The van der Waals surface area contributed by atoms with E-state index >= 15 is 0 Å². The fourth-order valence-electron chi connectivity index (χ4n) is 2.35. The van der Waals surface area contributed by atoms with Gasteiger partial charge in [-0.3, -0.25) is 4.79 Å². The molecule has 2 atom stereocenters. The number of carbonyl (C=O) groups excluding carboxylic acids is 1. The molecule has 0 heterocycles. The van der Waals surface area contributed by atoms with Gasteiger partial charge in [-0.1, -0.05) is 60.1 Å². The van der Waals surface area contributed by atoms with E-state index in [2.05, 4.69) is 5.32 Å². The molecule has 24 heavy (non-hydrogen) atoms. The third kappa shape index (κ3) is 4.57. The summed E-state index contributed by atoms with van der Waals surface area (Å²) in [5, 5.41) is 12.4. The molecule has 0 aliphatic heterocycles. The number of carbonyl (C=O) groups is 2. The lowest BCUT2D eigenvalue weighted by molar-refractivity contribution is -0.144. The van der Waals surface area contributed by atoms with E-state index in [1.807, 2.05) is 6.07 Å². The Balaban J connectivity index is 2.13. The molecule has 0 radical (unpaired) electrons. The maximum Gasteiger partial charge on any atom is 0.326 e. The third-order valence-corrected chi connectivity index (χ3v) is 3.94. The van der Waals surface area contributed by atoms with Gasteiger partial charge in [-0.25, -0.2) is 4.79 Å². The Morgan fingerprint density at radius 1 is 1.12 bits per heavy atom. The smallest absolute Gasteiger partial charge is 0.326 e. The van der Waals surface area contributed by atoms with Crippen molar-refractivity contribution in [2.24, 2.45) is 0 Å². The van der Waals surface area contributed by atoms with E-state index < -0.39 is 24.0 Å². The van der Waals surface area contributed by atoms with Crippen molar-refractivity contribution in [2.75, 3.05) is 7.11 Å². The average Bonchev–Trinajstić information content (AvgIpc) is 2.57. The minimum absolute atomic E-state index is 0.0893. The zero-order chi connectivity index (χ0) is 17.5. The number of benzene rings is 2. The van der Waals surface area contributed by atoms with Crippen LogP contribution in [0.1, 0.15) is 17.2 Å². The van der Waals surface area contributed by atoms with Crippen LogP contribution in [-0.4, -0.2) is 30.1 Å². The van der Waals surface area contributed by atoms with Crippen molar-refractivity contribution in [1.82, 2.24) is 5.32 Å². The summed E-state index contributed by atoms with van der Waals surface area (Å²) in [6.45, 7) is 0. The summed E-state index contributed by atoms with van der Waals surface area (Å²) in [6.07, 6.45) is -0.786. The summed E-state index contributed by atoms with van der Waals surface area (Å²) in [7, 11) is 1.40. The molecule has 2 rings (SSSR count). The molecule has 5 nitrogen and oxygen atoms in total. The molecule has 2 N–H and O–H groups in total. The largest absolute Gasteiger partial charge is 0.480 e. The number of carboxylic acid groups (broad SMARTS) is 1. The zero-order valence-corrected chi connectivity index (χ0v) is 13.9. The highest BCUT2D eigenvalue weighted by Gasteiger charge is 2.26. The van der Waals surface area contributed by atoms with Crippen LogP contribution < -0.4 is 5.32 Å². The predicted octanol–water partition coefficient (Wildman–Crippen LogP) is 2.84. The van der Waals surface area contributed by atoms with E-state index in [0.717, 1.165) is 0 Å². The van der Waals surface area contributed by atoms with Crippen LogP contribution >= 0.6 is 11.6 Å². The van der Waals surface area contributed by atoms with Gasteiger partial charge >= 0.3 is 5.97 Å². The summed E-state index contributed by atoms with van der Waals surface area (Å²) in [6, 6.07) is 14.7. The molecule has 6 heteroatoms. The van der Waals surface area contributed by atoms with Crippen molar-refractivity contribution in [3.05, 3.63) is 70.7 Å². The molecule has 0 aliphatic carbocycles. The first-order chi connectivity index (χ1) is 11.5. The zero-order valence-electron chi connectivity index (χ0n) is 13.1. The molecule has 1 amide bonds. The number of methoxy groups -OCH3 is 1. The summed E-state index contributed by atoms with van der Waals surface area (Å²) in [5.41, 5.74) is 1.31. The van der Waals surface area contributed by atoms with Gasteiger partial charge in [0.25, 0.3) is 5.91 Å². The highest BCUT2D eigenvalue weighted by atomic mass is 35.5. The highest BCUT2D eigenvalue weighted by Crippen LogP contribution is 2.19. The van der Waals surface area contributed by atoms with E-state index in [0.29, 0.717) is 16.1 Å². The van der Waals surface area contributed by atoms with Gasteiger partial charge in [-0.15, -0.1) is 0 Å². The molecule has 0 fully saturated rings. The molecule has 2 aromatic carbocycles. The Morgan fingerprint density at radius 3 is 2.33 bits per heavy atom. The summed E-state index contributed by atoms with van der Waals surface area (Å²) in [5.74, 6) is -1.64. The minimum atomic E-state index is -1.13. The van der Waals surface area contributed by atoms with Crippen LogP contribution in [0, 0.1) is 0 Å². The average molecular weight is 348 g/mol. The highest BCUT2D eigenvalue weighted by molar-refractivity contribution is 6.31. The van der Waals surface area contributed by atoms with Crippen molar-refractivity contribution in [3.63, 3.8) is 0 Å². The lowest BCUT2D eigenvalue weighted by atomic mass is 10.0. The van der Waals surface area contributed by atoms with Crippen molar-refractivity contribution in [1.29, 1.82) is 0 Å². The maximum absolute atomic E-state index is 12.4. The van der Waals surface area contributed by atoms with Crippen molar-refractivity contribution in [2.45, 2.75) is 18.6 Å². The number of hydrogen-bond acceptors (Lipinski definition) is 3. The Labute approximate surface area is 145 Å². The normalized spacial score (nSPS) is 13.1. The number of carboxylic acids is 1. The van der Waals surface area contributed by atoms with Gasteiger partial charge < -0.3 is 15.2 Å². The Hall–Kier alpha value is -2.37. The van der Waals surface area contributed by atoms with Gasteiger partial charge in [0.1, 0.15) is 6.04 Å². The van der Waals surface area contributed by atoms with Crippen molar-refractivity contribution in [3.8, 4) is 0 Å². The molecule has 0 spiro atoms. The number of halogens is 1. The SMILES string of the molecule is CO[C@H](C(=O)N[C@@H](Cc1ccccc1Cl)C(=O)O)c1ccccc1. The van der Waals surface area contributed by atoms with Gasteiger partial charge in [-0.2, -0.15) is 0 Å². The van der Waals surface area contributed by atoms with E-state index in [1.54, 1.807) is 48.5 Å². The Morgan fingerprint density at radius 2 is 1.75 bits per heavy atom. The van der Waals surface area contributed by atoms with Crippen LogP contribution in [0.25, 0.3) is 0 Å². The number of aliphatic carboxylic acids is 1. The van der Waals surface area contributed by atoms with Gasteiger partial charge in [0, 0.05) is 18.6 Å². The summed E-state index contributed by atoms with van der Waals surface area (Å²) < 4.78 is 5.22. The molecule has 0 aliphatic rings. The molecule has 126 valence electrons. The predicted molar refractivity (Wildman–Crippen MR) is 90.9 cm³/mol. The van der Waals surface area contributed by atoms with Gasteiger partial charge in [0.05, 0.1) is 0 Å². The standard InChI is InChI=1S/C18H18ClNO4/c1-24-16(12-7-3-2-4-8-12)17(21)20-15(18(22)23)11-13-9-5-6-10-14(13)19/h2-10,15-16H,11H2,1H3,(H,20,21)(H,22,23)/t15-,16-/m0/s1.